The van der Waals surface area contributed by atoms with Gasteiger partial charge in [0.1, 0.15) is 27.8 Å². The van der Waals surface area contributed by atoms with E-state index in [4.69, 9.17) is 21.1 Å². The Bertz CT molecular complexity index is 1270. The minimum absolute atomic E-state index is 0.0436. The molecule has 1 aliphatic heterocycles. The van der Waals surface area contributed by atoms with Gasteiger partial charge < -0.3 is 14.6 Å². The number of ether oxygens (including phenoxy) is 2. The fraction of sp³-hybridized carbons (Fsp3) is 0.182. The molecule has 0 saturated heterocycles. The maximum Gasteiger partial charge on any atom is 0.268 e. The highest BCUT2D eigenvalue weighted by Crippen LogP contribution is 2.48. The van der Waals surface area contributed by atoms with Crippen LogP contribution in [-0.4, -0.2) is 34.3 Å². The highest BCUT2D eigenvalue weighted by molar-refractivity contribution is 7.93. The van der Waals surface area contributed by atoms with Gasteiger partial charge in [-0.15, -0.1) is 0 Å². The quantitative estimate of drug-likeness (QED) is 0.620. The molecule has 31 heavy (non-hydrogen) atoms. The van der Waals surface area contributed by atoms with Crippen LogP contribution >= 0.6 is 11.6 Å². The topological polar surface area (TPSA) is 76.1 Å². The minimum Gasteiger partial charge on any atom is -0.497 e. The third-order valence-electron chi connectivity index (χ3n) is 5.30. The van der Waals surface area contributed by atoms with E-state index >= 15 is 0 Å². The maximum atomic E-state index is 14.6. The van der Waals surface area contributed by atoms with Crippen molar-refractivity contribution in [2.24, 2.45) is 0 Å². The molecule has 1 aliphatic rings. The van der Waals surface area contributed by atoms with Crippen molar-refractivity contribution in [1.29, 1.82) is 0 Å². The number of benzene rings is 3. The Morgan fingerprint density at radius 2 is 1.77 bits per heavy atom. The molecule has 0 fully saturated rings. The molecule has 0 bridgehead atoms. The number of fused-ring (bicyclic) bond motifs is 1. The Morgan fingerprint density at radius 1 is 1.03 bits per heavy atom. The van der Waals surface area contributed by atoms with Crippen molar-refractivity contribution >= 4 is 27.3 Å². The smallest absolute Gasteiger partial charge is 0.268 e. The van der Waals surface area contributed by atoms with Crippen LogP contribution in [0.4, 0.5) is 10.1 Å². The Kier molecular flexibility index (Phi) is 5.33. The first-order valence-corrected chi connectivity index (χ1v) is 11.1. The molecule has 9 heteroatoms. The van der Waals surface area contributed by atoms with Crippen molar-refractivity contribution < 1.29 is 27.4 Å². The van der Waals surface area contributed by atoms with Crippen LogP contribution in [0, 0.1) is 5.82 Å². The number of anilines is 1. The molecular weight excluding hydrogens is 445 g/mol. The molecule has 3 aromatic rings. The van der Waals surface area contributed by atoms with Crippen LogP contribution in [0.2, 0.25) is 5.02 Å². The van der Waals surface area contributed by atoms with Crippen molar-refractivity contribution in [3.05, 3.63) is 82.6 Å². The van der Waals surface area contributed by atoms with Gasteiger partial charge in [0.05, 0.1) is 26.5 Å². The zero-order valence-electron chi connectivity index (χ0n) is 16.7. The molecule has 1 heterocycles. The number of β-amino-alcohol motifs (C(OH)–C–C–N with tert-alkyl or cyclic N) is 1. The van der Waals surface area contributed by atoms with Crippen LogP contribution in [0.25, 0.3) is 0 Å². The van der Waals surface area contributed by atoms with Gasteiger partial charge >= 0.3 is 0 Å². The van der Waals surface area contributed by atoms with Crippen LogP contribution < -0.4 is 13.8 Å². The van der Waals surface area contributed by atoms with Crippen molar-refractivity contribution in [3.8, 4) is 11.5 Å². The van der Waals surface area contributed by atoms with E-state index < -0.39 is 28.0 Å². The summed E-state index contributed by atoms with van der Waals surface area (Å²) < 4.78 is 53.3. The van der Waals surface area contributed by atoms with Gasteiger partial charge in [-0.05, 0) is 36.4 Å². The molecular formula is C22H19ClFNO5S. The number of hydrogen-bond acceptors (Lipinski definition) is 5. The molecule has 6 nitrogen and oxygen atoms in total. The van der Waals surface area contributed by atoms with E-state index in [2.05, 4.69) is 0 Å². The molecule has 0 aromatic heterocycles. The summed E-state index contributed by atoms with van der Waals surface area (Å²) in [6, 6.07) is 14.5. The standard InChI is InChI=1S/C22H19ClFNO5S/c1-29-15-8-10-21(20(12-15)30-2)31(27,28)25-13-22(26,16-5-3-4-6-18(16)24)17-11-14(23)7-9-19(17)25/h3-12,26H,13H2,1-2H3. The fourth-order valence-electron chi connectivity index (χ4n) is 3.78. The second kappa shape index (κ2) is 7.71. The van der Waals surface area contributed by atoms with Gasteiger partial charge in [-0.2, -0.15) is 0 Å². The number of methoxy groups -OCH3 is 2. The third-order valence-corrected chi connectivity index (χ3v) is 7.34. The molecule has 162 valence electrons. The Morgan fingerprint density at radius 3 is 2.45 bits per heavy atom. The summed E-state index contributed by atoms with van der Waals surface area (Å²) in [6.07, 6.45) is 0. The summed E-state index contributed by atoms with van der Waals surface area (Å²) in [6.45, 7) is -0.429. The third kappa shape index (κ3) is 3.40. The van der Waals surface area contributed by atoms with Gasteiger partial charge in [-0.3, -0.25) is 4.31 Å². The highest BCUT2D eigenvalue weighted by Gasteiger charge is 2.48. The number of aliphatic hydroxyl groups is 1. The molecule has 1 N–H and O–H groups in total. The number of hydrogen-bond donors (Lipinski definition) is 1. The van der Waals surface area contributed by atoms with Crippen LogP contribution in [0.1, 0.15) is 11.1 Å². The molecule has 1 atom stereocenters. The van der Waals surface area contributed by atoms with Crippen LogP contribution in [0.3, 0.4) is 0 Å². The maximum absolute atomic E-state index is 14.6. The average Bonchev–Trinajstić information content (AvgIpc) is 3.07. The van der Waals surface area contributed by atoms with Crippen molar-refractivity contribution in [2.45, 2.75) is 10.5 Å². The van der Waals surface area contributed by atoms with Gasteiger partial charge in [-0.1, -0.05) is 29.8 Å². The lowest BCUT2D eigenvalue weighted by atomic mass is 9.88. The van der Waals surface area contributed by atoms with E-state index in [0.29, 0.717) is 5.75 Å². The summed E-state index contributed by atoms with van der Waals surface area (Å²) in [5.74, 6) is -0.152. The molecule has 0 amide bonds. The lowest BCUT2D eigenvalue weighted by Crippen LogP contribution is -2.38. The fourth-order valence-corrected chi connectivity index (χ4v) is 5.60. The molecule has 0 saturated carbocycles. The zero-order chi connectivity index (χ0) is 22.4. The van der Waals surface area contributed by atoms with E-state index in [1.54, 1.807) is 6.07 Å². The highest BCUT2D eigenvalue weighted by atomic mass is 35.5. The van der Waals surface area contributed by atoms with E-state index in [0.717, 1.165) is 4.31 Å². The number of sulfonamides is 1. The van der Waals surface area contributed by atoms with Gasteiger partial charge in [0.15, 0.2) is 0 Å². The summed E-state index contributed by atoms with van der Waals surface area (Å²) in [7, 11) is -1.39. The summed E-state index contributed by atoms with van der Waals surface area (Å²) >= 11 is 6.13. The van der Waals surface area contributed by atoms with Crippen molar-refractivity contribution in [3.63, 3.8) is 0 Å². The zero-order valence-corrected chi connectivity index (χ0v) is 18.2. The van der Waals surface area contributed by atoms with Crippen LogP contribution in [0.5, 0.6) is 11.5 Å². The van der Waals surface area contributed by atoms with Gasteiger partial charge in [0, 0.05) is 22.2 Å². The first-order chi connectivity index (χ1) is 14.7. The molecule has 1 unspecified atom stereocenters. The largest absolute Gasteiger partial charge is 0.497 e. The SMILES string of the molecule is COc1ccc(S(=O)(=O)N2CC(O)(c3ccccc3F)c3cc(Cl)ccc32)c(OC)c1. The first-order valence-electron chi connectivity index (χ1n) is 9.24. The van der Waals surface area contributed by atoms with Crippen LogP contribution in [-0.2, 0) is 15.6 Å². The van der Waals surface area contributed by atoms with E-state index in [9.17, 15) is 17.9 Å². The average molecular weight is 464 g/mol. The molecule has 0 radical (unpaired) electrons. The Labute approximate surface area is 184 Å². The minimum atomic E-state index is -4.20. The Hall–Kier alpha value is -2.81. The Balaban J connectivity index is 1.91. The molecule has 4 rings (SSSR count). The van der Waals surface area contributed by atoms with Gasteiger partial charge in [-0.25, -0.2) is 12.8 Å². The molecule has 0 aliphatic carbocycles. The lowest BCUT2D eigenvalue weighted by Gasteiger charge is -2.26. The monoisotopic (exact) mass is 463 g/mol. The second-order valence-electron chi connectivity index (χ2n) is 7.03. The molecule has 0 spiro atoms. The number of nitrogens with zero attached hydrogens (tertiary/aromatic N) is 1. The summed E-state index contributed by atoms with van der Waals surface area (Å²) in [5.41, 5.74) is -1.58. The number of rotatable bonds is 5. The predicted molar refractivity (Wildman–Crippen MR) is 115 cm³/mol. The van der Waals surface area contributed by atoms with E-state index in [-0.39, 0.29) is 32.5 Å². The van der Waals surface area contributed by atoms with Crippen LogP contribution in [0.15, 0.2) is 65.6 Å². The van der Waals surface area contributed by atoms with E-state index in [1.165, 1.54) is 68.8 Å². The molecule has 3 aromatic carbocycles. The lowest BCUT2D eigenvalue weighted by molar-refractivity contribution is 0.0963. The second-order valence-corrected chi connectivity index (χ2v) is 9.30. The van der Waals surface area contributed by atoms with Gasteiger partial charge in [0.2, 0.25) is 0 Å². The summed E-state index contributed by atoms with van der Waals surface area (Å²) in [5, 5.41) is 11.8. The first kappa shape index (κ1) is 21.4. The predicted octanol–water partition coefficient (Wildman–Crippen LogP) is 3.94. The van der Waals surface area contributed by atoms with Crippen molar-refractivity contribution in [1.82, 2.24) is 0 Å². The van der Waals surface area contributed by atoms with Crippen molar-refractivity contribution in [2.75, 3.05) is 25.1 Å². The van der Waals surface area contributed by atoms with E-state index in [1.807, 2.05) is 0 Å². The number of halogens is 2. The summed E-state index contributed by atoms with van der Waals surface area (Å²) in [4.78, 5) is -0.116. The normalized spacial score (nSPS) is 18.0. The van der Waals surface area contributed by atoms with Gasteiger partial charge in [0.25, 0.3) is 10.0 Å².